The third-order valence-corrected chi connectivity index (χ3v) is 4.63. The van der Waals surface area contributed by atoms with Gasteiger partial charge < -0.3 is 10.5 Å². The molecule has 1 fully saturated rings. The van der Waals surface area contributed by atoms with Gasteiger partial charge >= 0.3 is 6.18 Å². The van der Waals surface area contributed by atoms with E-state index in [1.165, 1.54) is 24.3 Å². The fraction of sp³-hybridized carbons (Fsp3) is 0.353. The maximum Gasteiger partial charge on any atom is 0.419 e. The third kappa shape index (κ3) is 3.36. The van der Waals surface area contributed by atoms with Gasteiger partial charge in [0.25, 0.3) is 5.92 Å². The Kier molecular flexibility index (Phi) is 4.95. The summed E-state index contributed by atoms with van der Waals surface area (Å²) in [6.07, 6.45) is -4.21. The summed E-state index contributed by atoms with van der Waals surface area (Å²) in [5.74, 6) is -3.70. The van der Waals surface area contributed by atoms with Crippen LogP contribution in [0.2, 0.25) is 0 Å². The highest BCUT2D eigenvalue weighted by molar-refractivity contribution is 5.40. The summed E-state index contributed by atoms with van der Waals surface area (Å²) in [5, 5.41) is 22.3. The normalized spacial score (nSPS) is 22.0. The van der Waals surface area contributed by atoms with E-state index in [4.69, 9.17) is 5.26 Å². The molecule has 0 unspecified atom stereocenters. The molecule has 0 saturated carbocycles. The van der Waals surface area contributed by atoms with Crippen LogP contribution in [0, 0.1) is 11.3 Å². The van der Waals surface area contributed by atoms with E-state index in [0.717, 1.165) is 0 Å². The van der Waals surface area contributed by atoms with Crippen LogP contribution >= 0.6 is 0 Å². The number of nitrogens with one attached hydrogen (secondary N) is 1. The van der Waals surface area contributed by atoms with E-state index in [9.17, 15) is 27.2 Å². The first-order valence-corrected chi connectivity index (χ1v) is 8.08. The molecule has 2 aromatic rings. The summed E-state index contributed by atoms with van der Waals surface area (Å²) < 4.78 is 67.5. The molecule has 1 saturated heterocycles. The van der Waals surface area contributed by atoms with Crippen LogP contribution in [-0.2, 0) is 11.7 Å². The molecule has 1 atom stereocenters. The van der Waals surface area contributed by atoms with Crippen molar-refractivity contribution < 1.29 is 27.2 Å². The van der Waals surface area contributed by atoms with Crippen LogP contribution < -0.4 is 5.32 Å². The zero-order valence-corrected chi connectivity index (χ0v) is 14.2. The Morgan fingerprint density at radius 1 is 1.25 bits per heavy atom. The maximum absolute atomic E-state index is 14.8. The molecule has 0 aliphatic carbocycles. The predicted molar refractivity (Wildman–Crippen MR) is 86.4 cm³/mol. The van der Waals surface area contributed by atoms with Gasteiger partial charge in [-0.05, 0) is 17.7 Å². The van der Waals surface area contributed by atoms with Crippen LogP contribution in [0.25, 0.3) is 0 Å². The standard InChI is InChI=1S/C17H14F5N5O/c18-16(19)4-5-27(28)15(16,12-3-1-2-11(6-12)7-23)10-26-14-24-8-13(9-25-14)17(20,21)22/h1-3,6,8-9,28H,4-5,10H2,(H,24,25,26)/t15-/m0/s1. The highest BCUT2D eigenvalue weighted by Crippen LogP contribution is 2.49. The van der Waals surface area contributed by atoms with E-state index < -0.39 is 36.2 Å². The number of anilines is 1. The lowest BCUT2D eigenvalue weighted by molar-refractivity contribution is -0.206. The van der Waals surface area contributed by atoms with Gasteiger partial charge in [0.15, 0.2) is 5.54 Å². The Labute approximate surface area is 156 Å². The second kappa shape index (κ2) is 6.96. The number of hydrogen-bond donors (Lipinski definition) is 2. The van der Waals surface area contributed by atoms with E-state index in [2.05, 4.69) is 15.3 Å². The van der Waals surface area contributed by atoms with Gasteiger partial charge in [-0.15, -0.1) is 0 Å². The van der Waals surface area contributed by atoms with Gasteiger partial charge in [0.05, 0.1) is 17.2 Å². The molecule has 0 spiro atoms. The third-order valence-electron chi connectivity index (χ3n) is 4.63. The first-order chi connectivity index (χ1) is 13.1. The van der Waals surface area contributed by atoms with Gasteiger partial charge in [-0.2, -0.15) is 23.5 Å². The second-order valence-electron chi connectivity index (χ2n) is 6.28. The summed E-state index contributed by atoms with van der Waals surface area (Å²) in [5.41, 5.74) is -3.22. The van der Waals surface area contributed by atoms with Crippen molar-refractivity contribution >= 4 is 5.95 Å². The first kappa shape index (κ1) is 19.9. The summed E-state index contributed by atoms with van der Waals surface area (Å²) in [7, 11) is 0. The molecule has 3 rings (SSSR count). The van der Waals surface area contributed by atoms with Crippen molar-refractivity contribution in [1.29, 1.82) is 5.26 Å². The van der Waals surface area contributed by atoms with E-state index in [0.29, 0.717) is 17.5 Å². The molecule has 1 aliphatic heterocycles. The molecule has 0 bridgehead atoms. The van der Waals surface area contributed by atoms with Crippen LogP contribution in [0.5, 0.6) is 0 Å². The lowest BCUT2D eigenvalue weighted by atomic mass is 9.84. The number of hydroxylamine groups is 2. The molecule has 1 aliphatic rings. The molecule has 0 amide bonds. The molecule has 11 heteroatoms. The van der Waals surface area contributed by atoms with Gasteiger partial charge in [0.2, 0.25) is 5.95 Å². The minimum absolute atomic E-state index is 0.0176. The van der Waals surface area contributed by atoms with Crippen molar-refractivity contribution in [2.45, 2.75) is 24.1 Å². The van der Waals surface area contributed by atoms with Gasteiger partial charge in [0.1, 0.15) is 0 Å². The topological polar surface area (TPSA) is 85.1 Å². The van der Waals surface area contributed by atoms with Crippen molar-refractivity contribution in [2.24, 2.45) is 0 Å². The quantitative estimate of drug-likeness (QED) is 0.767. The van der Waals surface area contributed by atoms with E-state index in [1.807, 2.05) is 6.07 Å². The van der Waals surface area contributed by atoms with Crippen molar-refractivity contribution in [2.75, 3.05) is 18.4 Å². The fourth-order valence-electron chi connectivity index (χ4n) is 3.13. The zero-order valence-electron chi connectivity index (χ0n) is 14.2. The number of nitriles is 1. The van der Waals surface area contributed by atoms with Crippen LogP contribution in [-0.4, -0.2) is 39.3 Å². The Bertz CT molecular complexity index is 896. The molecule has 28 heavy (non-hydrogen) atoms. The van der Waals surface area contributed by atoms with Crippen LogP contribution in [0.15, 0.2) is 36.7 Å². The van der Waals surface area contributed by atoms with Crippen LogP contribution in [0.4, 0.5) is 27.9 Å². The lowest BCUT2D eigenvalue weighted by Crippen LogP contribution is -2.54. The van der Waals surface area contributed by atoms with Gasteiger partial charge in [-0.25, -0.2) is 18.7 Å². The molecular weight excluding hydrogens is 385 g/mol. The molecule has 2 heterocycles. The monoisotopic (exact) mass is 399 g/mol. The fourth-order valence-corrected chi connectivity index (χ4v) is 3.13. The van der Waals surface area contributed by atoms with Crippen molar-refractivity contribution in [3.63, 3.8) is 0 Å². The SMILES string of the molecule is N#Cc1cccc([C@]2(CNc3ncc(C(F)(F)F)cn3)N(O)CCC2(F)F)c1. The average Bonchev–Trinajstić information content (AvgIpc) is 2.89. The summed E-state index contributed by atoms with van der Waals surface area (Å²) in [4.78, 5) is 7.00. The van der Waals surface area contributed by atoms with E-state index in [1.54, 1.807) is 0 Å². The summed E-state index contributed by atoms with van der Waals surface area (Å²) in [6, 6.07) is 7.27. The molecular formula is C17H14F5N5O. The number of hydrogen-bond acceptors (Lipinski definition) is 6. The predicted octanol–water partition coefficient (Wildman–Crippen LogP) is 3.40. The number of nitrogens with zero attached hydrogens (tertiary/aromatic N) is 4. The number of benzene rings is 1. The zero-order chi connectivity index (χ0) is 20.6. The Balaban J connectivity index is 1.94. The molecule has 148 valence electrons. The summed E-state index contributed by atoms with van der Waals surface area (Å²) >= 11 is 0. The van der Waals surface area contributed by atoms with Crippen LogP contribution in [0.3, 0.4) is 0 Å². The number of aromatic nitrogens is 2. The highest BCUT2D eigenvalue weighted by Gasteiger charge is 2.63. The van der Waals surface area contributed by atoms with Crippen molar-refractivity contribution in [3.05, 3.63) is 53.3 Å². The largest absolute Gasteiger partial charge is 0.419 e. The van der Waals surface area contributed by atoms with Crippen LogP contribution in [0.1, 0.15) is 23.1 Å². The number of rotatable bonds is 4. The molecule has 1 aromatic heterocycles. The molecule has 2 N–H and O–H groups in total. The smallest absolute Gasteiger partial charge is 0.352 e. The Hall–Kier alpha value is -2.84. The number of halogens is 5. The number of alkyl halides is 5. The van der Waals surface area contributed by atoms with Crippen molar-refractivity contribution in [3.8, 4) is 6.07 Å². The minimum atomic E-state index is -4.63. The first-order valence-electron chi connectivity index (χ1n) is 8.08. The van der Waals surface area contributed by atoms with E-state index >= 15 is 0 Å². The van der Waals surface area contributed by atoms with Gasteiger partial charge in [-0.3, -0.25) is 0 Å². The lowest BCUT2D eigenvalue weighted by Gasteiger charge is -2.39. The second-order valence-corrected chi connectivity index (χ2v) is 6.28. The molecule has 1 aromatic carbocycles. The Morgan fingerprint density at radius 3 is 2.46 bits per heavy atom. The molecule has 6 nitrogen and oxygen atoms in total. The maximum atomic E-state index is 14.8. The highest BCUT2D eigenvalue weighted by atomic mass is 19.4. The van der Waals surface area contributed by atoms with Gasteiger partial charge in [0, 0.05) is 31.9 Å². The minimum Gasteiger partial charge on any atom is -0.352 e. The Morgan fingerprint density at radius 2 is 1.93 bits per heavy atom. The molecule has 0 radical (unpaired) electrons. The van der Waals surface area contributed by atoms with E-state index in [-0.39, 0.29) is 23.6 Å². The van der Waals surface area contributed by atoms with Gasteiger partial charge in [-0.1, -0.05) is 12.1 Å². The van der Waals surface area contributed by atoms with Crippen molar-refractivity contribution in [1.82, 2.24) is 15.0 Å². The average molecular weight is 399 g/mol. The summed E-state index contributed by atoms with van der Waals surface area (Å²) in [6.45, 7) is -0.934.